The third kappa shape index (κ3) is 4.24. The Morgan fingerprint density at radius 3 is 2.68 bits per heavy atom. The van der Waals surface area contributed by atoms with E-state index in [-0.39, 0.29) is 16.6 Å². The molecule has 1 N–H and O–H groups in total. The average Bonchev–Trinajstić information content (AvgIpc) is 2.67. The van der Waals surface area contributed by atoms with Crippen LogP contribution in [0.1, 0.15) is 25.2 Å². The summed E-state index contributed by atoms with van der Waals surface area (Å²) in [5.41, 5.74) is 0.938. The van der Waals surface area contributed by atoms with Crippen molar-refractivity contribution in [1.82, 2.24) is 19.8 Å². The molecule has 0 aliphatic rings. The zero-order chi connectivity index (χ0) is 20.3. The highest BCUT2D eigenvalue weighted by Gasteiger charge is 2.20. The van der Waals surface area contributed by atoms with Crippen LogP contribution in [0.15, 0.2) is 47.3 Å². The van der Waals surface area contributed by atoms with E-state index in [9.17, 15) is 9.18 Å². The van der Waals surface area contributed by atoms with Crippen molar-refractivity contribution in [3.8, 4) is 5.69 Å². The van der Waals surface area contributed by atoms with Gasteiger partial charge in [-0.3, -0.25) is 9.36 Å². The fourth-order valence-corrected chi connectivity index (χ4v) is 3.31. The average molecular weight is 403 g/mol. The Kier molecular flexibility index (Phi) is 6.44. The highest BCUT2D eigenvalue weighted by atomic mass is 35.5. The standard InChI is InChI=1S/C21H24ClFN4O/c1-4-18(24-11-12-26(2)3)20-25-19-8-6-5-7-15(19)21(28)27(20)14-9-10-17(23)16(22)13-14/h5-10,13,18,24H,4,11-12H2,1-3H3. The molecule has 3 aromatic rings. The Morgan fingerprint density at radius 2 is 2.00 bits per heavy atom. The summed E-state index contributed by atoms with van der Waals surface area (Å²) in [6.45, 7) is 3.64. The predicted molar refractivity (Wildman–Crippen MR) is 112 cm³/mol. The molecule has 0 aliphatic heterocycles. The summed E-state index contributed by atoms with van der Waals surface area (Å²) in [6.07, 6.45) is 0.743. The second kappa shape index (κ2) is 8.82. The van der Waals surface area contributed by atoms with Crippen molar-refractivity contribution < 1.29 is 4.39 Å². The van der Waals surface area contributed by atoms with Crippen LogP contribution >= 0.6 is 11.6 Å². The molecular formula is C21H24ClFN4O. The first-order valence-electron chi connectivity index (χ1n) is 9.27. The van der Waals surface area contributed by atoms with Gasteiger partial charge in [0.2, 0.25) is 0 Å². The highest BCUT2D eigenvalue weighted by molar-refractivity contribution is 6.30. The lowest BCUT2D eigenvalue weighted by molar-refractivity contribution is 0.376. The minimum atomic E-state index is -0.523. The van der Waals surface area contributed by atoms with Gasteiger partial charge in [0.25, 0.3) is 5.56 Å². The number of hydrogen-bond donors (Lipinski definition) is 1. The van der Waals surface area contributed by atoms with E-state index in [1.807, 2.05) is 33.2 Å². The van der Waals surface area contributed by atoms with Gasteiger partial charge in [0.05, 0.1) is 27.7 Å². The maximum Gasteiger partial charge on any atom is 0.266 e. The Bertz CT molecular complexity index is 1030. The first-order chi connectivity index (χ1) is 13.4. The molecule has 3 rings (SSSR count). The van der Waals surface area contributed by atoms with E-state index in [1.165, 1.54) is 16.7 Å². The van der Waals surface area contributed by atoms with Crippen LogP contribution in [-0.4, -0.2) is 41.6 Å². The summed E-state index contributed by atoms with van der Waals surface area (Å²) in [7, 11) is 4.01. The maximum atomic E-state index is 13.7. The number of aromatic nitrogens is 2. The van der Waals surface area contributed by atoms with Gasteiger partial charge < -0.3 is 10.2 Å². The van der Waals surface area contributed by atoms with E-state index in [0.717, 1.165) is 19.5 Å². The van der Waals surface area contributed by atoms with Crippen LogP contribution in [0.5, 0.6) is 0 Å². The smallest absolute Gasteiger partial charge is 0.266 e. The predicted octanol–water partition coefficient (Wildman–Crippen LogP) is 3.78. The largest absolute Gasteiger partial charge is 0.308 e. The first kappa shape index (κ1) is 20.5. The van der Waals surface area contributed by atoms with Gasteiger partial charge in [-0.05, 0) is 50.8 Å². The summed E-state index contributed by atoms with van der Waals surface area (Å²) in [5, 5.41) is 3.95. The molecule has 0 bridgehead atoms. The molecule has 0 fully saturated rings. The van der Waals surface area contributed by atoms with Gasteiger partial charge >= 0.3 is 0 Å². The molecule has 0 saturated carbocycles. The van der Waals surface area contributed by atoms with Crippen LogP contribution in [0, 0.1) is 5.82 Å². The first-order valence-corrected chi connectivity index (χ1v) is 9.65. The van der Waals surface area contributed by atoms with Crippen molar-refractivity contribution in [2.75, 3.05) is 27.2 Å². The van der Waals surface area contributed by atoms with E-state index in [2.05, 4.69) is 10.2 Å². The number of halogens is 2. The van der Waals surface area contributed by atoms with Crippen LogP contribution in [0.3, 0.4) is 0 Å². The molecule has 0 saturated heterocycles. The van der Waals surface area contributed by atoms with Gasteiger partial charge in [-0.25, -0.2) is 9.37 Å². The lowest BCUT2D eigenvalue weighted by Gasteiger charge is -2.22. The lowest BCUT2D eigenvalue weighted by atomic mass is 10.1. The molecule has 1 unspecified atom stereocenters. The van der Waals surface area contributed by atoms with Gasteiger partial charge in [-0.15, -0.1) is 0 Å². The van der Waals surface area contributed by atoms with Crippen LogP contribution in [-0.2, 0) is 0 Å². The van der Waals surface area contributed by atoms with Gasteiger partial charge in [0.15, 0.2) is 0 Å². The van der Waals surface area contributed by atoms with E-state index >= 15 is 0 Å². The van der Waals surface area contributed by atoms with E-state index in [1.54, 1.807) is 18.2 Å². The number of nitrogens with zero attached hydrogens (tertiary/aromatic N) is 3. The molecule has 0 aliphatic carbocycles. The minimum Gasteiger partial charge on any atom is -0.308 e. The monoisotopic (exact) mass is 402 g/mol. The number of likely N-dealkylation sites (N-methyl/N-ethyl adjacent to an activating group) is 1. The number of benzene rings is 2. The van der Waals surface area contributed by atoms with Crippen molar-refractivity contribution >= 4 is 22.5 Å². The molecule has 0 spiro atoms. The topological polar surface area (TPSA) is 50.2 Å². The second-order valence-electron chi connectivity index (χ2n) is 6.94. The summed E-state index contributed by atoms with van der Waals surface area (Å²) >= 11 is 5.99. The summed E-state index contributed by atoms with van der Waals surface area (Å²) in [5.74, 6) is 0.0672. The maximum absolute atomic E-state index is 13.7. The molecule has 2 aromatic carbocycles. The SMILES string of the molecule is CCC(NCCN(C)C)c1nc2ccccc2c(=O)n1-c1ccc(F)c(Cl)c1. The van der Waals surface area contributed by atoms with Crippen molar-refractivity contribution in [3.63, 3.8) is 0 Å². The van der Waals surface area contributed by atoms with E-state index in [0.29, 0.717) is 22.4 Å². The fraction of sp³-hybridized carbons (Fsp3) is 0.333. The van der Waals surface area contributed by atoms with Gasteiger partial charge in [-0.1, -0.05) is 30.7 Å². The molecule has 28 heavy (non-hydrogen) atoms. The van der Waals surface area contributed by atoms with Crippen LogP contribution in [0.4, 0.5) is 4.39 Å². The van der Waals surface area contributed by atoms with Gasteiger partial charge in [0.1, 0.15) is 11.6 Å². The Balaban J connectivity index is 2.18. The number of nitrogens with one attached hydrogen (secondary N) is 1. The number of hydrogen-bond acceptors (Lipinski definition) is 4. The zero-order valence-corrected chi connectivity index (χ0v) is 17.0. The second-order valence-corrected chi connectivity index (χ2v) is 7.35. The number of rotatable bonds is 7. The Morgan fingerprint density at radius 1 is 1.25 bits per heavy atom. The lowest BCUT2D eigenvalue weighted by Crippen LogP contribution is -2.34. The van der Waals surface area contributed by atoms with E-state index in [4.69, 9.17) is 16.6 Å². The van der Waals surface area contributed by atoms with Crippen LogP contribution in [0.25, 0.3) is 16.6 Å². The van der Waals surface area contributed by atoms with Crippen LogP contribution < -0.4 is 10.9 Å². The normalized spacial score (nSPS) is 12.6. The highest BCUT2D eigenvalue weighted by Crippen LogP contribution is 2.23. The fourth-order valence-electron chi connectivity index (χ4n) is 3.14. The molecule has 1 atom stereocenters. The molecule has 0 amide bonds. The molecule has 148 valence electrons. The molecule has 1 aromatic heterocycles. The van der Waals surface area contributed by atoms with Crippen molar-refractivity contribution in [2.24, 2.45) is 0 Å². The van der Waals surface area contributed by atoms with E-state index < -0.39 is 5.82 Å². The molecule has 5 nitrogen and oxygen atoms in total. The summed E-state index contributed by atoms with van der Waals surface area (Å²) < 4.78 is 15.2. The van der Waals surface area contributed by atoms with Crippen molar-refractivity contribution in [2.45, 2.75) is 19.4 Å². The Hall–Kier alpha value is -2.28. The van der Waals surface area contributed by atoms with Crippen LogP contribution in [0.2, 0.25) is 5.02 Å². The molecule has 7 heteroatoms. The number of para-hydroxylation sites is 1. The number of fused-ring (bicyclic) bond motifs is 1. The summed E-state index contributed by atoms with van der Waals surface area (Å²) in [4.78, 5) is 20.2. The summed E-state index contributed by atoms with van der Waals surface area (Å²) in [6, 6.07) is 11.4. The van der Waals surface area contributed by atoms with Crippen molar-refractivity contribution in [3.05, 3.63) is 69.5 Å². The third-order valence-corrected chi connectivity index (χ3v) is 4.92. The molecular weight excluding hydrogens is 379 g/mol. The zero-order valence-electron chi connectivity index (χ0n) is 16.2. The third-order valence-electron chi connectivity index (χ3n) is 4.63. The molecule has 0 radical (unpaired) electrons. The Labute approximate surface area is 168 Å². The van der Waals surface area contributed by atoms with Gasteiger partial charge in [0, 0.05) is 13.1 Å². The quantitative estimate of drug-likeness (QED) is 0.653. The van der Waals surface area contributed by atoms with Gasteiger partial charge in [-0.2, -0.15) is 0 Å². The van der Waals surface area contributed by atoms with Crippen molar-refractivity contribution in [1.29, 1.82) is 0 Å². The minimum absolute atomic E-state index is 0.0304. The molecule has 1 heterocycles.